The van der Waals surface area contributed by atoms with Gasteiger partial charge in [0, 0.05) is 12.1 Å². The summed E-state index contributed by atoms with van der Waals surface area (Å²) in [6.45, 7) is 3.29. The highest BCUT2D eigenvalue weighted by atomic mass is 16.6. The fourth-order valence-electron chi connectivity index (χ4n) is 1.10. The standard InChI is InChI=1S/C10H13N3O3/c1-6-3-4-8(13(15)16)5-9(6)12-10(14)7(2)11/h3-5,7H,11H2,1-2H3,(H,12,14)/t7-/m0/s1. The fourth-order valence-corrected chi connectivity index (χ4v) is 1.10. The zero-order chi connectivity index (χ0) is 12.3. The van der Waals surface area contributed by atoms with E-state index >= 15 is 0 Å². The number of nitro benzene ring substituents is 1. The Kier molecular flexibility index (Phi) is 3.57. The van der Waals surface area contributed by atoms with Gasteiger partial charge in [-0.15, -0.1) is 0 Å². The number of hydrogen-bond donors (Lipinski definition) is 2. The van der Waals surface area contributed by atoms with Crippen molar-refractivity contribution in [2.24, 2.45) is 5.73 Å². The average Bonchev–Trinajstić information content (AvgIpc) is 2.20. The summed E-state index contributed by atoms with van der Waals surface area (Å²) >= 11 is 0. The van der Waals surface area contributed by atoms with Crippen molar-refractivity contribution in [1.29, 1.82) is 0 Å². The van der Waals surface area contributed by atoms with Crippen LogP contribution >= 0.6 is 0 Å². The van der Waals surface area contributed by atoms with E-state index in [9.17, 15) is 14.9 Å². The van der Waals surface area contributed by atoms with Crippen LogP contribution in [0.2, 0.25) is 0 Å². The molecule has 1 amide bonds. The molecule has 0 heterocycles. The number of rotatable bonds is 3. The molecule has 0 spiro atoms. The topological polar surface area (TPSA) is 98.3 Å². The normalized spacial score (nSPS) is 11.9. The molecule has 1 aromatic carbocycles. The Balaban J connectivity index is 2.99. The lowest BCUT2D eigenvalue weighted by Crippen LogP contribution is -2.32. The van der Waals surface area contributed by atoms with Crippen molar-refractivity contribution < 1.29 is 9.72 Å². The first kappa shape index (κ1) is 12.1. The number of aryl methyl sites for hydroxylation is 1. The maximum atomic E-state index is 11.3. The van der Waals surface area contributed by atoms with Crippen molar-refractivity contribution in [2.75, 3.05) is 5.32 Å². The molecule has 0 bridgehead atoms. The number of nitrogens with zero attached hydrogens (tertiary/aromatic N) is 1. The third-order valence-corrected chi connectivity index (χ3v) is 2.10. The summed E-state index contributed by atoms with van der Waals surface area (Å²) in [5, 5.41) is 13.1. The first-order valence-electron chi connectivity index (χ1n) is 4.73. The second-order valence-electron chi connectivity index (χ2n) is 3.53. The summed E-state index contributed by atoms with van der Waals surface area (Å²) in [4.78, 5) is 21.4. The van der Waals surface area contributed by atoms with E-state index in [4.69, 9.17) is 5.73 Å². The molecule has 6 nitrogen and oxygen atoms in total. The molecule has 0 aliphatic heterocycles. The van der Waals surface area contributed by atoms with Crippen molar-refractivity contribution >= 4 is 17.3 Å². The molecule has 16 heavy (non-hydrogen) atoms. The largest absolute Gasteiger partial charge is 0.324 e. The summed E-state index contributed by atoms with van der Waals surface area (Å²) in [6, 6.07) is 3.63. The lowest BCUT2D eigenvalue weighted by molar-refractivity contribution is -0.384. The maximum Gasteiger partial charge on any atom is 0.271 e. The molecule has 0 saturated carbocycles. The number of amides is 1. The van der Waals surface area contributed by atoms with Crippen molar-refractivity contribution in [1.82, 2.24) is 0 Å². The number of carbonyl (C=O) groups excluding carboxylic acids is 1. The molecule has 1 aromatic rings. The van der Waals surface area contributed by atoms with Gasteiger partial charge in [0.15, 0.2) is 0 Å². The second-order valence-corrected chi connectivity index (χ2v) is 3.53. The predicted octanol–water partition coefficient (Wildman–Crippen LogP) is 1.19. The van der Waals surface area contributed by atoms with Crippen molar-refractivity contribution in [2.45, 2.75) is 19.9 Å². The van der Waals surface area contributed by atoms with Gasteiger partial charge in [-0.3, -0.25) is 14.9 Å². The number of hydrogen-bond acceptors (Lipinski definition) is 4. The SMILES string of the molecule is Cc1ccc([N+](=O)[O-])cc1NC(=O)[C@H](C)N. The molecule has 0 fully saturated rings. The van der Waals surface area contributed by atoms with Crippen LogP contribution in [0.5, 0.6) is 0 Å². The van der Waals surface area contributed by atoms with Gasteiger partial charge in [-0.1, -0.05) is 6.07 Å². The van der Waals surface area contributed by atoms with E-state index in [0.717, 1.165) is 5.56 Å². The van der Waals surface area contributed by atoms with E-state index < -0.39 is 11.0 Å². The van der Waals surface area contributed by atoms with E-state index in [-0.39, 0.29) is 11.6 Å². The first-order chi connectivity index (χ1) is 7.41. The Morgan fingerprint density at radius 1 is 1.56 bits per heavy atom. The van der Waals surface area contributed by atoms with Gasteiger partial charge in [0.2, 0.25) is 5.91 Å². The summed E-state index contributed by atoms with van der Waals surface area (Å²) in [5.74, 6) is -0.372. The summed E-state index contributed by atoms with van der Waals surface area (Å²) in [6.07, 6.45) is 0. The summed E-state index contributed by atoms with van der Waals surface area (Å²) < 4.78 is 0. The molecule has 0 saturated heterocycles. The molecule has 86 valence electrons. The predicted molar refractivity (Wildman–Crippen MR) is 60.1 cm³/mol. The highest BCUT2D eigenvalue weighted by Crippen LogP contribution is 2.21. The molecule has 0 aromatic heterocycles. The van der Waals surface area contributed by atoms with Gasteiger partial charge in [-0.25, -0.2) is 0 Å². The number of nitro groups is 1. The highest BCUT2D eigenvalue weighted by molar-refractivity contribution is 5.95. The van der Waals surface area contributed by atoms with Crippen LogP contribution in [-0.2, 0) is 4.79 Å². The first-order valence-corrected chi connectivity index (χ1v) is 4.73. The molecule has 3 N–H and O–H groups in total. The molecule has 1 rings (SSSR count). The minimum absolute atomic E-state index is 0.0643. The number of nitrogens with two attached hydrogens (primary N) is 1. The van der Waals surface area contributed by atoms with E-state index in [1.54, 1.807) is 19.9 Å². The average molecular weight is 223 g/mol. The van der Waals surface area contributed by atoms with Crippen LogP contribution < -0.4 is 11.1 Å². The summed E-state index contributed by atoms with van der Waals surface area (Å²) in [7, 11) is 0. The van der Waals surface area contributed by atoms with E-state index in [1.807, 2.05) is 0 Å². The number of anilines is 1. The number of non-ortho nitro benzene ring substituents is 1. The Morgan fingerprint density at radius 2 is 2.19 bits per heavy atom. The van der Waals surface area contributed by atoms with Gasteiger partial charge in [0.05, 0.1) is 16.7 Å². The minimum atomic E-state index is -0.654. The lowest BCUT2D eigenvalue weighted by atomic mass is 10.1. The van der Waals surface area contributed by atoms with Crippen LogP contribution in [0.15, 0.2) is 18.2 Å². The van der Waals surface area contributed by atoms with Crippen molar-refractivity contribution in [3.05, 3.63) is 33.9 Å². The van der Waals surface area contributed by atoms with Gasteiger partial charge in [0.25, 0.3) is 5.69 Å². The van der Waals surface area contributed by atoms with Gasteiger partial charge in [-0.2, -0.15) is 0 Å². The number of carbonyl (C=O) groups is 1. The van der Waals surface area contributed by atoms with Gasteiger partial charge < -0.3 is 11.1 Å². The van der Waals surface area contributed by atoms with E-state index in [0.29, 0.717) is 5.69 Å². The smallest absolute Gasteiger partial charge is 0.271 e. The molecule has 0 radical (unpaired) electrons. The molecule has 0 aliphatic rings. The molecular weight excluding hydrogens is 210 g/mol. The van der Waals surface area contributed by atoms with E-state index in [1.165, 1.54) is 12.1 Å². The monoisotopic (exact) mass is 223 g/mol. The Hall–Kier alpha value is -1.95. The molecule has 1 atom stereocenters. The molecule has 0 unspecified atom stereocenters. The van der Waals surface area contributed by atoms with Crippen molar-refractivity contribution in [3.63, 3.8) is 0 Å². The van der Waals surface area contributed by atoms with Gasteiger partial charge >= 0.3 is 0 Å². The number of benzene rings is 1. The zero-order valence-electron chi connectivity index (χ0n) is 9.06. The minimum Gasteiger partial charge on any atom is -0.324 e. The molecular formula is C10H13N3O3. The Labute approximate surface area is 92.6 Å². The van der Waals surface area contributed by atoms with Crippen LogP contribution in [0.25, 0.3) is 0 Å². The quantitative estimate of drug-likeness (QED) is 0.593. The van der Waals surface area contributed by atoms with Crippen molar-refractivity contribution in [3.8, 4) is 0 Å². The fraction of sp³-hybridized carbons (Fsp3) is 0.300. The zero-order valence-corrected chi connectivity index (χ0v) is 9.06. The molecule has 6 heteroatoms. The van der Waals surface area contributed by atoms with Gasteiger partial charge in [-0.05, 0) is 19.4 Å². The van der Waals surface area contributed by atoms with Crippen LogP contribution in [-0.4, -0.2) is 16.9 Å². The Bertz CT molecular complexity index is 429. The van der Waals surface area contributed by atoms with Crippen LogP contribution in [0.3, 0.4) is 0 Å². The number of nitrogens with one attached hydrogen (secondary N) is 1. The lowest BCUT2D eigenvalue weighted by Gasteiger charge is -2.09. The third kappa shape index (κ3) is 2.77. The third-order valence-electron chi connectivity index (χ3n) is 2.10. The maximum absolute atomic E-state index is 11.3. The summed E-state index contributed by atoms with van der Waals surface area (Å²) in [5.41, 5.74) is 6.48. The van der Waals surface area contributed by atoms with Crippen LogP contribution in [0.1, 0.15) is 12.5 Å². The second kappa shape index (κ2) is 4.71. The van der Waals surface area contributed by atoms with Gasteiger partial charge in [0.1, 0.15) is 0 Å². The molecule has 0 aliphatic carbocycles. The highest BCUT2D eigenvalue weighted by Gasteiger charge is 2.12. The Morgan fingerprint density at radius 3 is 2.69 bits per heavy atom. The van der Waals surface area contributed by atoms with Crippen LogP contribution in [0.4, 0.5) is 11.4 Å². The van der Waals surface area contributed by atoms with Crippen LogP contribution in [0, 0.1) is 17.0 Å². The van der Waals surface area contributed by atoms with E-state index in [2.05, 4.69) is 5.32 Å².